The topological polar surface area (TPSA) is 45.1 Å². The van der Waals surface area contributed by atoms with Gasteiger partial charge in [0.2, 0.25) is 0 Å². The molecule has 0 amide bonds. The molecule has 0 radical (unpaired) electrons. The van der Waals surface area contributed by atoms with Crippen molar-refractivity contribution in [2.75, 3.05) is 27.2 Å². The van der Waals surface area contributed by atoms with Crippen LogP contribution in [0.2, 0.25) is 0 Å². The van der Waals surface area contributed by atoms with Crippen molar-refractivity contribution < 1.29 is 9.94 Å². The van der Waals surface area contributed by atoms with Crippen LogP contribution >= 0.6 is 0 Å². The minimum absolute atomic E-state index is 0.601. The molecule has 4 nitrogen and oxygen atoms in total. The summed E-state index contributed by atoms with van der Waals surface area (Å²) in [5, 5.41) is 11.8. The fourth-order valence-corrected chi connectivity index (χ4v) is 1.42. The Bertz CT molecular complexity index is 358. The standard InChI is InChI=1S/C13H20N2O2/c1-11(14-16)12-5-7-13(8-6-12)17-10-4-9-15(2)3/h5-8,16H,4,9-10H2,1-3H3/b14-11+. The number of hydrogen-bond donors (Lipinski definition) is 1. The van der Waals surface area contributed by atoms with E-state index in [1.54, 1.807) is 6.92 Å². The van der Waals surface area contributed by atoms with Gasteiger partial charge in [-0.1, -0.05) is 5.16 Å². The van der Waals surface area contributed by atoms with E-state index >= 15 is 0 Å². The van der Waals surface area contributed by atoms with E-state index in [9.17, 15) is 0 Å². The molecule has 0 aliphatic rings. The average Bonchev–Trinajstić information content (AvgIpc) is 2.34. The smallest absolute Gasteiger partial charge is 0.119 e. The molecule has 1 N–H and O–H groups in total. The molecule has 17 heavy (non-hydrogen) atoms. The van der Waals surface area contributed by atoms with Crippen LogP contribution in [0.25, 0.3) is 0 Å². The molecular formula is C13H20N2O2. The quantitative estimate of drug-likeness (QED) is 0.356. The highest BCUT2D eigenvalue weighted by Crippen LogP contribution is 2.13. The van der Waals surface area contributed by atoms with Crippen LogP contribution in [-0.4, -0.2) is 43.1 Å². The van der Waals surface area contributed by atoms with E-state index < -0.39 is 0 Å². The van der Waals surface area contributed by atoms with E-state index in [1.165, 1.54) is 0 Å². The fourth-order valence-electron chi connectivity index (χ4n) is 1.42. The summed E-state index contributed by atoms with van der Waals surface area (Å²) in [5.74, 6) is 0.846. The summed E-state index contributed by atoms with van der Waals surface area (Å²) < 4.78 is 5.60. The summed E-state index contributed by atoms with van der Waals surface area (Å²) in [6.45, 7) is 3.49. The molecule has 0 aliphatic heterocycles. The lowest BCUT2D eigenvalue weighted by molar-refractivity contribution is 0.281. The maximum Gasteiger partial charge on any atom is 0.119 e. The van der Waals surface area contributed by atoms with E-state index in [4.69, 9.17) is 9.94 Å². The van der Waals surface area contributed by atoms with Gasteiger partial charge in [0, 0.05) is 6.54 Å². The van der Waals surface area contributed by atoms with Gasteiger partial charge in [-0.05, 0) is 57.3 Å². The molecule has 0 fully saturated rings. The van der Waals surface area contributed by atoms with Gasteiger partial charge in [-0.2, -0.15) is 0 Å². The minimum Gasteiger partial charge on any atom is -0.494 e. The molecular weight excluding hydrogens is 216 g/mol. The van der Waals surface area contributed by atoms with E-state index in [0.717, 1.165) is 24.3 Å². The summed E-state index contributed by atoms with van der Waals surface area (Å²) in [6, 6.07) is 7.55. The summed E-state index contributed by atoms with van der Waals surface area (Å²) in [6.07, 6.45) is 1.01. The molecule has 0 aromatic heterocycles. The molecule has 94 valence electrons. The Hall–Kier alpha value is -1.55. The van der Waals surface area contributed by atoms with E-state index in [2.05, 4.69) is 10.1 Å². The first-order valence-corrected chi connectivity index (χ1v) is 5.70. The lowest BCUT2D eigenvalue weighted by Gasteiger charge is -2.10. The molecule has 4 heteroatoms. The van der Waals surface area contributed by atoms with Crippen LogP contribution in [-0.2, 0) is 0 Å². The van der Waals surface area contributed by atoms with Crippen molar-refractivity contribution in [3.63, 3.8) is 0 Å². The SMILES string of the molecule is C/C(=N\O)c1ccc(OCCCN(C)C)cc1. The van der Waals surface area contributed by atoms with Crippen molar-refractivity contribution in [2.45, 2.75) is 13.3 Å². The molecule has 1 aromatic rings. The molecule has 0 atom stereocenters. The second kappa shape index (κ2) is 6.91. The van der Waals surface area contributed by atoms with Crippen molar-refractivity contribution in [2.24, 2.45) is 5.16 Å². The van der Waals surface area contributed by atoms with E-state index in [-0.39, 0.29) is 0 Å². The monoisotopic (exact) mass is 236 g/mol. The largest absolute Gasteiger partial charge is 0.494 e. The Morgan fingerprint density at radius 2 is 1.94 bits per heavy atom. The van der Waals surface area contributed by atoms with Crippen LogP contribution in [0.1, 0.15) is 18.9 Å². The summed E-state index contributed by atoms with van der Waals surface area (Å²) >= 11 is 0. The zero-order chi connectivity index (χ0) is 12.7. The lowest BCUT2D eigenvalue weighted by Crippen LogP contribution is -2.15. The Balaban J connectivity index is 2.41. The zero-order valence-electron chi connectivity index (χ0n) is 10.7. The van der Waals surface area contributed by atoms with Gasteiger partial charge >= 0.3 is 0 Å². The van der Waals surface area contributed by atoms with Crippen LogP contribution < -0.4 is 4.74 Å². The first-order chi connectivity index (χ1) is 8.13. The summed E-state index contributed by atoms with van der Waals surface area (Å²) in [7, 11) is 4.09. The highest BCUT2D eigenvalue weighted by molar-refractivity contribution is 5.98. The van der Waals surface area contributed by atoms with Crippen molar-refractivity contribution >= 4 is 5.71 Å². The first-order valence-electron chi connectivity index (χ1n) is 5.70. The van der Waals surface area contributed by atoms with Crippen molar-refractivity contribution in [3.05, 3.63) is 29.8 Å². The predicted octanol–water partition coefficient (Wildman–Crippen LogP) is 2.22. The van der Waals surface area contributed by atoms with Crippen LogP contribution in [0.15, 0.2) is 29.4 Å². The van der Waals surface area contributed by atoms with Crippen molar-refractivity contribution in [3.8, 4) is 5.75 Å². The van der Waals surface area contributed by atoms with Crippen LogP contribution in [0.4, 0.5) is 0 Å². The number of ether oxygens (including phenoxy) is 1. The molecule has 0 saturated heterocycles. The average molecular weight is 236 g/mol. The molecule has 0 aliphatic carbocycles. The molecule has 1 rings (SSSR count). The normalized spacial score (nSPS) is 11.9. The summed E-state index contributed by atoms with van der Waals surface area (Å²) in [5.41, 5.74) is 1.50. The summed E-state index contributed by atoms with van der Waals surface area (Å²) in [4.78, 5) is 2.13. The fraction of sp³-hybridized carbons (Fsp3) is 0.462. The Morgan fingerprint density at radius 1 is 1.29 bits per heavy atom. The Kier molecular flexibility index (Phi) is 5.49. The van der Waals surface area contributed by atoms with Crippen LogP contribution in [0.5, 0.6) is 5.75 Å². The van der Waals surface area contributed by atoms with Gasteiger partial charge in [0.1, 0.15) is 5.75 Å². The third kappa shape index (κ3) is 4.87. The van der Waals surface area contributed by atoms with Crippen LogP contribution in [0, 0.1) is 0 Å². The molecule has 0 spiro atoms. The number of benzene rings is 1. The molecule has 0 unspecified atom stereocenters. The van der Waals surface area contributed by atoms with E-state index in [0.29, 0.717) is 12.3 Å². The van der Waals surface area contributed by atoms with Gasteiger partial charge in [0.25, 0.3) is 0 Å². The first kappa shape index (κ1) is 13.5. The maximum atomic E-state index is 8.63. The van der Waals surface area contributed by atoms with Gasteiger partial charge in [-0.3, -0.25) is 0 Å². The molecule has 1 aromatic carbocycles. The third-order valence-electron chi connectivity index (χ3n) is 2.44. The second-order valence-electron chi connectivity index (χ2n) is 4.22. The highest BCUT2D eigenvalue weighted by Gasteiger charge is 1.99. The second-order valence-corrected chi connectivity index (χ2v) is 4.22. The predicted molar refractivity (Wildman–Crippen MR) is 69.1 cm³/mol. The number of hydrogen-bond acceptors (Lipinski definition) is 4. The van der Waals surface area contributed by atoms with Gasteiger partial charge in [0.15, 0.2) is 0 Å². The maximum absolute atomic E-state index is 8.63. The van der Waals surface area contributed by atoms with E-state index in [1.807, 2.05) is 38.4 Å². The zero-order valence-corrected chi connectivity index (χ0v) is 10.7. The molecule has 0 bridgehead atoms. The van der Waals surface area contributed by atoms with Crippen LogP contribution in [0.3, 0.4) is 0 Å². The minimum atomic E-state index is 0.601. The van der Waals surface area contributed by atoms with Gasteiger partial charge in [-0.25, -0.2) is 0 Å². The van der Waals surface area contributed by atoms with Gasteiger partial charge in [0.05, 0.1) is 12.3 Å². The number of oxime groups is 1. The van der Waals surface area contributed by atoms with Gasteiger partial charge in [-0.15, -0.1) is 0 Å². The van der Waals surface area contributed by atoms with Gasteiger partial charge < -0.3 is 14.8 Å². The lowest BCUT2D eigenvalue weighted by atomic mass is 10.1. The van der Waals surface area contributed by atoms with Crippen molar-refractivity contribution in [1.29, 1.82) is 0 Å². The Labute approximate surface area is 103 Å². The number of nitrogens with zero attached hydrogens (tertiary/aromatic N) is 2. The molecule has 0 saturated carbocycles. The van der Waals surface area contributed by atoms with Crippen molar-refractivity contribution in [1.82, 2.24) is 4.90 Å². The number of rotatable bonds is 6. The highest BCUT2D eigenvalue weighted by atomic mass is 16.5. The Morgan fingerprint density at radius 3 is 2.47 bits per heavy atom. The third-order valence-corrected chi connectivity index (χ3v) is 2.44. The molecule has 0 heterocycles.